The number of phenolic OH excluding ortho intramolecular Hbond substituents is 1. The highest BCUT2D eigenvalue weighted by Crippen LogP contribution is 2.41. The van der Waals surface area contributed by atoms with Crippen LogP contribution in [0.5, 0.6) is 11.5 Å². The number of aromatic hydroxyl groups is 1. The van der Waals surface area contributed by atoms with Gasteiger partial charge in [0.15, 0.2) is 0 Å². The number of ether oxygens (including phenoxy) is 2. The number of anilines is 2. The lowest BCUT2D eigenvalue weighted by molar-refractivity contribution is -0.129. The molecule has 1 atom stereocenters. The topological polar surface area (TPSA) is 163 Å². The molecule has 0 saturated carbocycles. The molecule has 6 rings (SSSR count). The molecule has 0 spiro atoms. The minimum absolute atomic E-state index is 0.0328. The third kappa shape index (κ3) is 9.28. The van der Waals surface area contributed by atoms with E-state index in [0.717, 1.165) is 10.4 Å². The molecule has 4 amide bonds. The van der Waals surface area contributed by atoms with E-state index in [9.17, 15) is 29.1 Å². The summed E-state index contributed by atoms with van der Waals surface area (Å²) in [5, 5.41) is 18.1. The summed E-state index contributed by atoms with van der Waals surface area (Å²) in [7, 11) is 2.72. The van der Waals surface area contributed by atoms with Gasteiger partial charge in [0, 0.05) is 46.1 Å². The highest BCUT2D eigenvalue weighted by molar-refractivity contribution is 8.00. The van der Waals surface area contributed by atoms with Crippen LogP contribution in [0.15, 0.2) is 114 Å². The summed E-state index contributed by atoms with van der Waals surface area (Å²) in [6.07, 6.45) is 1.90. The number of nitrogens with one attached hydrogen (secondary N) is 3. The highest BCUT2D eigenvalue weighted by Gasteiger charge is 2.32. The predicted octanol–water partition coefficient (Wildman–Crippen LogP) is 7.04. The number of esters is 1. The van der Waals surface area contributed by atoms with Gasteiger partial charge < -0.3 is 35.4 Å². The van der Waals surface area contributed by atoms with Crippen molar-refractivity contribution in [1.82, 2.24) is 10.2 Å². The molecule has 0 bridgehead atoms. The number of nitrogens with zero attached hydrogens (tertiary/aromatic N) is 1. The van der Waals surface area contributed by atoms with Gasteiger partial charge in [-0.2, -0.15) is 0 Å². The summed E-state index contributed by atoms with van der Waals surface area (Å²) >= 11 is 2.50. The second kappa shape index (κ2) is 17.8. The Kier molecular flexibility index (Phi) is 12.5. The summed E-state index contributed by atoms with van der Waals surface area (Å²) in [5.41, 5.74) is 2.82. The number of amides is 4. The fourth-order valence-electron chi connectivity index (χ4n) is 6.06. The van der Waals surface area contributed by atoms with Crippen LogP contribution in [0.1, 0.15) is 54.5 Å². The van der Waals surface area contributed by atoms with Crippen LogP contribution in [0, 0.1) is 0 Å². The number of rotatable bonds is 12. The van der Waals surface area contributed by atoms with Crippen molar-refractivity contribution >= 4 is 69.5 Å². The summed E-state index contributed by atoms with van der Waals surface area (Å²) in [4.78, 5) is 69.5. The number of methoxy groups -OCH3 is 2. The van der Waals surface area contributed by atoms with Gasteiger partial charge in [-0.05, 0) is 66.1 Å². The molecule has 1 aliphatic rings. The first kappa shape index (κ1) is 39.3. The zero-order valence-corrected chi connectivity index (χ0v) is 32.3. The summed E-state index contributed by atoms with van der Waals surface area (Å²) < 4.78 is 10.5. The van der Waals surface area contributed by atoms with Crippen LogP contribution in [0.3, 0.4) is 0 Å². The largest absolute Gasteiger partial charge is 0.508 e. The fourth-order valence-corrected chi connectivity index (χ4v) is 8.39. The SMILES string of the molecule is COC(=O)c1c(NC(=O)C(Sc2cccc(NC(=O)/C(=C\c3ccc(O)cc3OC)NC(=O)c3ccccc3)c2)c2ccccc2)sc2c1CCN(C(C)=O)C2. The van der Waals surface area contributed by atoms with Crippen LogP contribution < -0.4 is 20.7 Å². The molecule has 12 nitrogen and oxygen atoms in total. The Morgan fingerprint density at radius 1 is 0.893 bits per heavy atom. The van der Waals surface area contributed by atoms with E-state index >= 15 is 0 Å². The molecule has 1 aromatic heterocycles. The Morgan fingerprint density at radius 2 is 1.62 bits per heavy atom. The highest BCUT2D eigenvalue weighted by atomic mass is 32.2. The van der Waals surface area contributed by atoms with E-state index in [0.29, 0.717) is 57.3 Å². The van der Waals surface area contributed by atoms with Gasteiger partial charge in [0.25, 0.3) is 11.8 Å². The Hall–Kier alpha value is -6.38. The number of thioether (sulfide) groups is 1. The maximum Gasteiger partial charge on any atom is 0.341 e. The van der Waals surface area contributed by atoms with E-state index in [1.165, 1.54) is 62.5 Å². The predicted molar refractivity (Wildman–Crippen MR) is 216 cm³/mol. The summed E-state index contributed by atoms with van der Waals surface area (Å²) in [5.74, 6) is -1.93. The van der Waals surface area contributed by atoms with Crippen molar-refractivity contribution in [2.24, 2.45) is 0 Å². The first-order valence-corrected chi connectivity index (χ1v) is 19.1. The van der Waals surface area contributed by atoms with E-state index in [2.05, 4.69) is 16.0 Å². The van der Waals surface area contributed by atoms with Crippen molar-refractivity contribution in [3.8, 4) is 11.5 Å². The third-order valence-corrected chi connectivity index (χ3v) is 11.2. The van der Waals surface area contributed by atoms with Crippen molar-refractivity contribution in [3.63, 3.8) is 0 Å². The molecule has 0 fully saturated rings. The number of benzene rings is 4. The molecule has 1 unspecified atom stereocenters. The van der Waals surface area contributed by atoms with Crippen LogP contribution >= 0.6 is 23.1 Å². The van der Waals surface area contributed by atoms with Gasteiger partial charge in [-0.25, -0.2) is 4.79 Å². The normalized spacial score (nSPS) is 12.8. The van der Waals surface area contributed by atoms with E-state index in [-0.39, 0.29) is 29.0 Å². The van der Waals surface area contributed by atoms with Gasteiger partial charge in [0.1, 0.15) is 27.4 Å². The van der Waals surface area contributed by atoms with Crippen molar-refractivity contribution in [1.29, 1.82) is 0 Å². The molecule has 1 aliphatic heterocycles. The second-order valence-electron chi connectivity index (χ2n) is 12.6. The van der Waals surface area contributed by atoms with Gasteiger partial charge >= 0.3 is 5.97 Å². The van der Waals surface area contributed by atoms with Crippen LogP contribution in [0.2, 0.25) is 0 Å². The molecule has 56 heavy (non-hydrogen) atoms. The average molecular weight is 791 g/mol. The minimum Gasteiger partial charge on any atom is -0.508 e. The zero-order valence-electron chi connectivity index (χ0n) is 30.7. The number of thiophene rings is 1. The Bertz CT molecular complexity index is 2310. The van der Waals surface area contributed by atoms with Crippen molar-refractivity contribution in [3.05, 3.63) is 142 Å². The lowest BCUT2D eigenvalue weighted by Gasteiger charge is -2.25. The molecule has 2 heterocycles. The summed E-state index contributed by atoms with van der Waals surface area (Å²) in [6.45, 7) is 2.28. The molecular formula is C42H38N4O8S2. The molecule has 286 valence electrons. The van der Waals surface area contributed by atoms with Gasteiger partial charge in [-0.15, -0.1) is 23.1 Å². The van der Waals surface area contributed by atoms with Gasteiger partial charge in [0.05, 0.1) is 26.3 Å². The zero-order chi connectivity index (χ0) is 39.8. The maximum absolute atomic E-state index is 14.2. The van der Waals surface area contributed by atoms with E-state index in [1.807, 2.05) is 30.3 Å². The molecule has 14 heteroatoms. The number of carbonyl (C=O) groups excluding carboxylic acids is 5. The van der Waals surface area contributed by atoms with Gasteiger partial charge in [-0.1, -0.05) is 54.6 Å². The van der Waals surface area contributed by atoms with E-state index in [1.54, 1.807) is 65.6 Å². The lowest BCUT2D eigenvalue weighted by Crippen LogP contribution is -2.33. The fraction of sp³-hybridized carbons (Fsp3) is 0.167. The van der Waals surface area contributed by atoms with Crippen molar-refractivity contribution in [2.75, 3.05) is 31.4 Å². The van der Waals surface area contributed by atoms with Gasteiger partial charge in [-0.3, -0.25) is 19.2 Å². The van der Waals surface area contributed by atoms with Crippen LogP contribution in [0.25, 0.3) is 6.08 Å². The lowest BCUT2D eigenvalue weighted by atomic mass is 10.0. The van der Waals surface area contributed by atoms with E-state index < -0.39 is 23.0 Å². The number of fused-ring (bicyclic) bond motifs is 1. The number of hydrogen-bond acceptors (Lipinski definition) is 10. The smallest absolute Gasteiger partial charge is 0.341 e. The molecule has 4 N–H and O–H groups in total. The molecule has 0 aliphatic carbocycles. The Morgan fingerprint density at radius 3 is 2.32 bits per heavy atom. The Balaban J connectivity index is 1.27. The number of carbonyl (C=O) groups is 5. The summed E-state index contributed by atoms with van der Waals surface area (Å²) in [6, 6.07) is 28.9. The van der Waals surface area contributed by atoms with Gasteiger partial charge in [0.2, 0.25) is 11.8 Å². The van der Waals surface area contributed by atoms with Crippen molar-refractivity contribution < 1.29 is 38.6 Å². The monoisotopic (exact) mass is 790 g/mol. The van der Waals surface area contributed by atoms with Crippen LogP contribution in [0.4, 0.5) is 10.7 Å². The average Bonchev–Trinajstić information content (AvgIpc) is 3.57. The first-order chi connectivity index (χ1) is 27.0. The minimum atomic E-state index is -0.789. The third-order valence-electron chi connectivity index (χ3n) is 8.86. The van der Waals surface area contributed by atoms with E-state index in [4.69, 9.17) is 9.47 Å². The number of phenols is 1. The quantitative estimate of drug-likeness (QED) is 0.0590. The standard InChI is InChI=1S/C42H38N4O8S2/c1-25(47)46-20-19-32-35(24-46)56-41(36(32)42(52)54-3)45-40(51)37(26-11-6-4-7-12-26)55-31-16-10-15-29(22-31)43-39(50)33(44-38(49)27-13-8-5-9-14-27)21-28-17-18-30(48)23-34(28)53-2/h4-18,21-23,37,48H,19-20,24H2,1-3H3,(H,43,50)(H,44,49)(H,45,51)/b33-21+. The van der Waals surface area contributed by atoms with Crippen LogP contribution in [-0.4, -0.2) is 60.4 Å². The number of hydrogen-bond donors (Lipinski definition) is 4. The van der Waals surface area contributed by atoms with Crippen LogP contribution in [-0.2, 0) is 32.1 Å². The molecule has 0 saturated heterocycles. The maximum atomic E-state index is 14.2. The molecule has 5 aromatic rings. The molecule has 0 radical (unpaired) electrons. The first-order valence-electron chi connectivity index (χ1n) is 17.4. The Labute approximate surface area is 331 Å². The second-order valence-corrected chi connectivity index (χ2v) is 14.9. The van der Waals surface area contributed by atoms with Crippen molar-refractivity contribution in [2.45, 2.75) is 30.0 Å². The molecular weight excluding hydrogens is 753 g/mol. The molecule has 4 aromatic carbocycles.